The molecule has 0 heterocycles. The Morgan fingerprint density at radius 1 is 1.04 bits per heavy atom. The minimum absolute atomic E-state index is 0.0355. The number of benzene rings is 2. The number of hydrogen-bond donors (Lipinski definition) is 1. The lowest BCUT2D eigenvalue weighted by Crippen LogP contribution is -2.24. The maximum Gasteiger partial charge on any atom is 0.245 e. The Labute approximate surface area is 146 Å². The zero-order chi connectivity index (χ0) is 17.4. The van der Waals surface area contributed by atoms with Gasteiger partial charge < -0.3 is 9.47 Å². The number of halogens is 1. The maximum absolute atomic E-state index is 12.2. The first-order valence-corrected chi connectivity index (χ1v) is 8.86. The van der Waals surface area contributed by atoms with Crippen molar-refractivity contribution in [2.45, 2.75) is 4.90 Å². The van der Waals surface area contributed by atoms with Crippen LogP contribution in [0.3, 0.4) is 0 Å². The predicted octanol–water partition coefficient (Wildman–Crippen LogP) is 2.71. The molecule has 0 aliphatic heterocycles. The smallest absolute Gasteiger partial charge is 0.245 e. The van der Waals surface area contributed by atoms with E-state index in [2.05, 4.69) is 16.6 Å². The summed E-state index contributed by atoms with van der Waals surface area (Å²) in [6.07, 6.45) is 0. The molecule has 0 aliphatic rings. The Balaban J connectivity index is 1.89. The van der Waals surface area contributed by atoms with E-state index >= 15 is 0 Å². The van der Waals surface area contributed by atoms with Gasteiger partial charge in [0.15, 0.2) is 0 Å². The molecule has 126 valence electrons. The fourth-order valence-electron chi connectivity index (χ4n) is 1.84. The van der Waals surface area contributed by atoms with Gasteiger partial charge in [-0.05, 0) is 24.3 Å². The summed E-state index contributed by atoms with van der Waals surface area (Å²) in [5.41, 5.74) is 0. The summed E-state index contributed by atoms with van der Waals surface area (Å²) in [5.74, 6) is 6.22. The molecule has 0 saturated carbocycles. The van der Waals surface area contributed by atoms with Crippen LogP contribution in [0.5, 0.6) is 11.5 Å². The quantitative estimate of drug-likeness (QED) is 0.799. The topological polar surface area (TPSA) is 64.6 Å². The van der Waals surface area contributed by atoms with Crippen LogP contribution in [-0.4, -0.2) is 28.7 Å². The lowest BCUT2D eigenvalue weighted by molar-refractivity contribution is 0.370. The van der Waals surface area contributed by atoms with Gasteiger partial charge in [-0.25, -0.2) is 8.42 Å². The van der Waals surface area contributed by atoms with E-state index in [0.29, 0.717) is 10.8 Å². The van der Waals surface area contributed by atoms with Gasteiger partial charge in [0.2, 0.25) is 10.0 Å². The molecule has 0 saturated heterocycles. The fourth-order valence-corrected chi connectivity index (χ4v) is 3.12. The number of para-hydroxylation sites is 2. The zero-order valence-electron chi connectivity index (χ0n) is 13.0. The van der Waals surface area contributed by atoms with Gasteiger partial charge >= 0.3 is 0 Å². The van der Waals surface area contributed by atoms with Crippen LogP contribution in [0.1, 0.15) is 0 Å². The van der Waals surface area contributed by atoms with Gasteiger partial charge in [0, 0.05) is 0 Å². The van der Waals surface area contributed by atoms with Crippen molar-refractivity contribution >= 4 is 21.6 Å². The van der Waals surface area contributed by atoms with Crippen molar-refractivity contribution in [3.05, 3.63) is 53.6 Å². The van der Waals surface area contributed by atoms with E-state index in [1.54, 1.807) is 42.5 Å². The van der Waals surface area contributed by atoms with Crippen molar-refractivity contribution in [3.8, 4) is 23.3 Å². The van der Waals surface area contributed by atoms with Crippen LogP contribution < -0.4 is 14.2 Å². The molecule has 2 aromatic rings. The number of ether oxygens (including phenoxy) is 2. The first-order valence-electron chi connectivity index (χ1n) is 7.00. The number of rotatable bonds is 6. The van der Waals surface area contributed by atoms with Crippen molar-refractivity contribution in [2.24, 2.45) is 0 Å². The lowest BCUT2D eigenvalue weighted by Gasteiger charge is -2.08. The van der Waals surface area contributed by atoms with Gasteiger partial charge in [-0.3, -0.25) is 0 Å². The Kier molecular flexibility index (Phi) is 6.50. The molecule has 2 aromatic carbocycles. The molecular formula is C17H16ClNO4S. The van der Waals surface area contributed by atoms with E-state index < -0.39 is 10.0 Å². The van der Waals surface area contributed by atoms with Gasteiger partial charge in [0.1, 0.15) is 23.0 Å². The van der Waals surface area contributed by atoms with Gasteiger partial charge in [-0.2, -0.15) is 4.72 Å². The van der Waals surface area contributed by atoms with Crippen LogP contribution in [0.2, 0.25) is 5.02 Å². The van der Waals surface area contributed by atoms with Crippen molar-refractivity contribution in [3.63, 3.8) is 0 Å². The molecule has 0 amide bonds. The second-order valence-electron chi connectivity index (χ2n) is 4.55. The molecule has 0 aromatic heterocycles. The first kappa shape index (κ1) is 18.1. The fraction of sp³-hybridized carbons (Fsp3) is 0.176. The normalized spacial score (nSPS) is 10.6. The van der Waals surface area contributed by atoms with Crippen LogP contribution in [0.4, 0.5) is 0 Å². The molecule has 0 unspecified atom stereocenters. The highest BCUT2D eigenvalue weighted by Crippen LogP contribution is 2.23. The molecule has 0 atom stereocenters. The van der Waals surface area contributed by atoms with Gasteiger partial charge in [0.25, 0.3) is 0 Å². The Morgan fingerprint density at radius 3 is 2.42 bits per heavy atom. The molecule has 0 bridgehead atoms. The minimum Gasteiger partial charge on any atom is -0.495 e. The van der Waals surface area contributed by atoms with E-state index in [1.807, 2.05) is 0 Å². The second kappa shape index (κ2) is 8.60. The third-order valence-corrected chi connectivity index (χ3v) is 4.72. The first-order chi connectivity index (χ1) is 11.5. The molecule has 7 heteroatoms. The molecule has 0 aliphatic carbocycles. The van der Waals surface area contributed by atoms with Gasteiger partial charge in [0.05, 0.1) is 18.7 Å². The highest BCUT2D eigenvalue weighted by atomic mass is 35.5. The molecule has 24 heavy (non-hydrogen) atoms. The second-order valence-corrected chi connectivity index (χ2v) is 6.69. The van der Waals surface area contributed by atoms with Crippen LogP contribution in [0, 0.1) is 11.8 Å². The number of methoxy groups -OCH3 is 1. The Bertz CT molecular complexity index is 856. The Hall–Kier alpha value is -2.20. The predicted molar refractivity (Wildman–Crippen MR) is 92.9 cm³/mol. The summed E-state index contributed by atoms with van der Waals surface area (Å²) >= 11 is 5.94. The number of hydrogen-bond acceptors (Lipinski definition) is 4. The van der Waals surface area contributed by atoms with Crippen LogP contribution in [0.25, 0.3) is 0 Å². The zero-order valence-corrected chi connectivity index (χ0v) is 14.5. The van der Waals surface area contributed by atoms with E-state index in [4.69, 9.17) is 21.1 Å². The summed E-state index contributed by atoms with van der Waals surface area (Å²) in [7, 11) is -2.27. The molecule has 0 spiro atoms. The molecule has 5 nitrogen and oxygen atoms in total. The van der Waals surface area contributed by atoms with E-state index in [-0.39, 0.29) is 23.8 Å². The monoisotopic (exact) mass is 365 g/mol. The summed E-state index contributed by atoms with van der Waals surface area (Å²) < 4.78 is 37.2. The van der Waals surface area contributed by atoms with Gasteiger partial charge in [-0.15, -0.1) is 0 Å². The molecule has 0 radical (unpaired) electrons. The van der Waals surface area contributed by atoms with E-state index in [0.717, 1.165) is 0 Å². The Morgan fingerprint density at radius 2 is 1.71 bits per heavy atom. The molecule has 1 N–H and O–H groups in total. The maximum atomic E-state index is 12.2. The lowest BCUT2D eigenvalue weighted by atomic mass is 10.3. The summed E-state index contributed by atoms with van der Waals surface area (Å²) in [4.78, 5) is 0.0709. The van der Waals surface area contributed by atoms with E-state index in [9.17, 15) is 8.42 Å². The van der Waals surface area contributed by atoms with Crippen LogP contribution in [-0.2, 0) is 10.0 Å². The highest BCUT2D eigenvalue weighted by Gasteiger charge is 2.17. The average Bonchev–Trinajstić information content (AvgIpc) is 2.59. The van der Waals surface area contributed by atoms with Crippen molar-refractivity contribution in [1.82, 2.24) is 4.72 Å². The summed E-state index contributed by atoms with van der Waals surface area (Å²) in [6.45, 7) is 0.0758. The minimum atomic E-state index is -3.69. The van der Waals surface area contributed by atoms with Crippen LogP contribution in [0.15, 0.2) is 53.4 Å². The van der Waals surface area contributed by atoms with Crippen LogP contribution >= 0.6 is 11.6 Å². The summed E-state index contributed by atoms with van der Waals surface area (Å²) in [5, 5.41) is 0.496. The third-order valence-electron chi connectivity index (χ3n) is 2.97. The van der Waals surface area contributed by atoms with Gasteiger partial charge in [-0.1, -0.05) is 47.7 Å². The summed E-state index contributed by atoms with van der Waals surface area (Å²) in [6, 6.07) is 13.4. The standard InChI is InChI=1S/C17H16ClNO4S/c1-22-16-10-4-5-11-17(16)24(20,21)19-12-6-7-13-23-15-9-3-2-8-14(15)18/h2-5,8-11,19H,12-13H2,1H3. The highest BCUT2D eigenvalue weighted by molar-refractivity contribution is 7.89. The van der Waals surface area contributed by atoms with E-state index in [1.165, 1.54) is 13.2 Å². The number of sulfonamides is 1. The number of nitrogens with one attached hydrogen (secondary N) is 1. The SMILES string of the molecule is COc1ccccc1S(=O)(=O)NCC#CCOc1ccccc1Cl. The van der Waals surface area contributed by atoms with Crippen molar-refractivity contribution in [2.75, 3.05) is 20.3 Å². The largest absolute Gasteiger partial charge is 0.495 e. The average molecular weight is 366 g/mol. The third kappa shape index (κ3) is 4.90. The molecular weight excluding hydrogens is 350 g/mol. The molecule has 0 fully saturated rings. The molecule has 2 rings (SSSR count). The van der Waals surface area contributed by atoms with Crippen molar-refractivity contribution in [1.29, 1.82) is 0 Å². The van der Waals surface area contributed by atoms with Crippen molar-refractivity contribution < 1.29 is 17.9 Å².